The first-order valence-electron chi connectivity index (χ1n) is 6.42. The Kier molecular flexibility index (Phi) is 4.04. The van der Waals surface area contributed by atoms with Gasteiger partial charge in [0.2, 0.25) is 0 Å². The van der Waals surface area contributed by atoms with Crippen LogP contribution in [0.1, 0.15) is 28.9 Å². The van der Waals surface area contributed by atoms with Crippen LogP contribution < -0.4 is 0 Å². The Balaban J connectivity index is 1.72. The highest BCUT2D eigenvalue weighted by atomic mass is 79.9. The number of rotatable bonds is 1. The van der Waals surface area contributed by atoms with Crippen LogP contribution in [0.15, 0.2) is 14.3 Å². The number of hydrogen-bond acceptors (Lipinski definition) is 3. The van der Waals surface area contributed by atoms with Crippen molar-refractivity contribution in [3.63, 3.8) is 0 Å². The van der Waals surface area contributed by atoms with Crippen LogP contribution >= 0.6 is 43.2 Å². The third kappa shape index (κ3) is 2.77. The second kappa shape index (κ2) is 5.47. The lowest BCUT2D eigenvalue weighted by Crippen LogP contribution is -2.35. The lowest BCUT2D eigenvalue weighted by molar-refractivity contribution is 0.0191. The molecule has 2 saturated heterocycles. The number of likely N-dealkylation sites (tertiary alicyclic amines) is 1. The number of amides is 1. The van der Waals surface area contributed by atoms with Crippen LogP contribution in [-0.2, 0) is 4.74 Å². The van der Waals surface area contributed by atoms with Crippen molar-refractivity contribution in [2.24, 2.45) is 5.41 Å². The van der Waals surface area contributed by atoms with Crippen molar-refractivity contribution >= 4 is 49.1 Å². The molecule has 2 aliphatic heterocycles. The third-order valence-electron chi connectivity index (χ3n) is 4.13. The van der Waals surface area contributed by atoms with Gasteiger partial charge in [0.15, 0.2) is 0 Å². The number of carbonyl (C=O) groups is 1. The van der Waals surface area contributed by atoms with Gasteiger partial charge in [0.05, 0.1) is 8.66 Å². The van der Waals surface area contributed by atoms with E-state index in [0.29, 0.717) is 5.41 Å². The largest absolute Gasteiger partial charge is 0.381 e. The molecule has 0 aromatic carbocycles. The third-order valence-corrected chi connectivity index (χ3v) is 7.38. The Hall–Kier alpha value is 0.0900. The highest BCUT2D eigenvalue weighted by molar-refractivity contribution is 9.13. The highest BCUT2D eigenvalue weighted by Gasteiger charge is 2.41. The van der Waals surface area contributed by atoms with Crippen molar-refractivity contribution < 1.29 is 9.53 Å². The Labute approximate surface area is 133 Å². The lowest BCUT2D eigenvalue weighted by atomic mass is 9.80. The molecule has 2 aliphatic rings. The zero-order chi connectivity index (χ0) is 13.5. The summed E-state index contributed by atoms with van der Waals surface area (Å²) in [7, 11) is 0. The van der Waals surface area contributed by atoms with E-state index >= 15 is 0 Å². The van der Waals surface area contributed by atoms with Crippen molar-refractivity contribution in [3.8, 4) is 0 Å². The molecule has 0 saturated carbocycles. The van der Waals surface area contributed by atoms with Gasteiger partial charge in [-0.15, -0.1) is 11.3 Å². The summed E-state index contributed by atoms with van der Waals surface area (Å²) < 4.78 is 7.38. The molecule has 3 heterocycles. The SMILES string of the molecule is O=C(c1cc(Br)c(Br)s1)N1CCC2(CCOCC2)C1. The molecule has 1 aromatic rings. The zero-order valence-corrected chi connectivity index (χ0v) is 14.4. The molecule has 19 heavy (non-hydrogen) atoms. The van der Waals surface area contributed by atoms with Crippen molar-refractivity contribution in [1.82, 2.24) is 4.90 Å². The summed E-state index contributed by atoms with van der Waals surface area (Å²) >= 11 is 8.38. The van der Waals surface area contributed by atoms with E-state index in [9.17, 15) is 4.79 Å². The van der Waals surface area contributed by atoms with E-state index in [1.807, 2.05) is 11.0 Å². The minimum atomic E-state index is 0.166. The standard InChI is InChI=1S/C13H15Br2NO2S/c14-9-7-10(19-11(9)15)12(17)16-4-1-13(8-16)2-5-18-6-3-13/h7H,1-6,8H2. The number of carbonyl (C=O) groups excluding carboxylic acids is 1. The van der Waals surface area contributed by atoms with Crippen LogP contribution in [-0.4, -0.2) is 37.1 Å². The molecule has 3 rings (SSSR count). The summed E-state index contributed by atoms with van der Waals surface area (Å²) in [6, 6.07) is 1.91. The van der Waals surface area contributed by atoms with Gasteiger partial charge in [0.25, 0.3) is 5.91 Å². The zero-order valence-electron chi connectivity index (χ0n) is 10.5. The molecular weight excluding hydrogens is 394 g/mol. The maximum atomic E-state index is 12.5. The van der Waals surface area contributed by atoms with Crippen LogP contribution in [0.25, 0.3) is 0 Å². The fraction of sp³-hybridized carbons (Fsp3) is 0.615. The predicted octanol–water partition coefficient (Wildman–Crippen LogP) is 3.92. The Morgan fingerprint density at radius 1 is 1.32 bits per heavy atom. The van der Waals surface area contributed by atoms with Crippen LogP contribution in [0.5, 0.6) is 0 Å². The van der Waals surface area contributed by atoms with Crippen molar-refractivity contribution in [1.29, 1.82) is 0 Å². The number of hydrogen-bond donors (Lipinski definition) is 0. The van der Waals surface area contributed by atoms with Gasteiger partial charge >= 0.3 is 0 Å². The van der Waals surface area contributed by atoms with Gasteiger partial charge in [-0.1, -0.05) is 0 Å². The van der Waals surface area contributed by atoms with E-state index in [1.165, 1.54) is 11.3 Å². The van der Waals surface area contributed by atoms with Crippen LogP contribution in [0.4, 0.5) is 0 Å². The molecule has 0 N–H and O–H groups in total. The van der Waals surface area contributed by atoms with E-state index < -0.39 is 0 Å². The molecular formula is C13H15Br2NO2S. The van der Waals surface area contributed by atoms with Gasteiger partial charge in [0.1, 0.15) is 0 Å². The molecule has 0 unspecified atom stereocenters. The molecule has 0 radical (unpaired) electrons. The molecule has 1 aromatic heterocycles. The second-order valence-electron chi connectivity index (χ2n) is 5.32. The summed E-state index contributed by atoms with van der Waals surface area (Å²) in [5.74, 6) is 0.166. The first-order valence-corrected chi connectivity index (χ1v) is 8.82. The molecule has 0 aliphatic carbocycles. The molecule has 0 atom stereocenters. The molecule has 6 heteroatoms. The molecule has 0 bridgehead atoms. The van der Waals surface area contributed by atoms with E-state index in [1.54, 1.807) is 0 Å². The maximum absolute atomic E-state index is 12.5. The molecule has 2 fully saturated rings. The lowest BCUT2D eigenvalue weighted by Gasteiger charge is -2.33. The average Bonchev–Trinajstić information content (AvgIpc) is 2.95. The summed E-state index contributed by atoms with van der Waals surface area (Å²) in [5, 5.41) is 0. The molecule has 1 spiro atoms. The van der Waals surface area contributed by atoms with E-state index in [0.717, 1.165) is 58.7 Å². The van der Waals surface area contributed by atoms with Gasteiger partial charge in [-0.05, 0) is 62.6 Å². The van der Waals surface area contributed by atoms with Gasteiger partial charge in [0, 0.05) is 30.8 Å². The summed E-state index contributed by atoms with van der Waals surface area (Å²) in [4.78, 5) is 15.3. The maximum Gasteiger partial charge on any atom is 0.264 e. The van der Waals surface area contributed by atoms with Crippen molar-refractivity contribution in [2.45, 2.75) is 19.3 Å². The Bertz CT molecular complexity index is 477. The average molecular weight is 409 g/mol. The number of nitrogens with zero attached hydrogens (tertiary/aromatic N) is 1. The second-order valence-corrected chi connectivity index (χ2v) is 8.55. The van der Waals surface area contributed by atoms with Crippen molar-refractivity contribution in [3.05, 3.63) is 19.2 Å². The topological polar surface area (TPSA) is 29.5 Å². The van der Waals surface area contributed by atoms with E-state index in [2.05, 4.69) is 31.9 Å². The summed E-state index contributed by atoms with van der Waals surface area (Å²) in [6.45, 7) is 3.46. The summed E-state index contributed by atoms with van der Waals surface area (Å²) in [6.07, 6.45) is 3.30. The number of halogens is 2. The Morgan fingerprint density at radius 2 is 2.05 bits per heavy atom. The van der Waals surface area contributed by atoms with Gasteiger partial charge in [-0.3, -0.25) is 4.79 Å². The van der Waals surface area contributed by atoms with Gasteiger partial charge < -0.3 is 9.64 Å². The molecule has 1 amide bonds. The van der Waals surface area contributed by atoms with E-state index in [-0.39, 0.29) is 5.91 Å². The highest BCUT2D eigenvalue weighted by Crippen LogP contribution is 2.41. The van der Waals surface area contributed by atoms with E-state index in [4.69, 9.17) is 4.74 Å². The first-order chi connectivity index (χ1) is 9.10. The van der Waals surface area contributed by atoms with Crippen molar-refractivity contribution in [2.75, 3.05) is 26.3 Å². The van der Waals surface area contributed by atoms with Gasteiger partial charge in [-0.25, -0.2) is 0 Å². The molecule has 104 valence electrons. The van der Waals surface area contributed by atoms with Crippen LogP contribution in [0.3, 0.4) is 0 Å². The first kappa shape index (κ1) is 14.0. The quantitative estimate of drug-likeness (QED) is 0.704. The van der Waals surface area contributed by atoms with Gasteiger partial charge in [-0.2, -0.15) is 0 Å². The Morgan fingerprint density at radius 3 is 2.68 bits per heavy atom. The minimum Gasteiger partial charge on any atom is -0.381 e. The molecule has 3 nitrogen and oxygen atoms in total. The summed E-state index contributed by atoms with van der Waals surface area (Å²) in [5.41, 5.74) is 0.319. The minimum absolute atomic E-state index is 0.166. The number of thiophene rings is 1. The van der Waals surface area contributed by atoms with Crippen LogP contribution in [0, 0.1) is 5.41 Å². The number of ether oxygens (including phenoxy) is 1. The van der Waals surface area contributed by atoms with Crippen LogP contribution in [0.2, 0.25) is 0 Å². The smallest absolute Gasteiger partial charge is 0.264 e. The monoisotopic (exact) mass is 407 g/mol. The fourth-order valence-electron chi connectivity index (χ4n) is 2.93. The predicted molar refractivity (Wildman–Crippen MR) is 82.7 cm³/mol. The normalized spacial score (nSPS) is 22.1. The fourth-order valence-corrected chi connectivity index (χ4v) is 4.93.